The second-order valence-corrected chi connectivity index (χ2v) is 7.82. The van der Waals surface area contributed by atoms with Gasteiger partial charge in [-0.25, -0.2) is 5.43 Å². The Balaban J connectivity index is 1.51. The van der Waals surface area contributed by atoms with E-state index in [1.807, 2.05) is 43.3 Å². The van der Waals surface area contributed by atoms with Crippen LogP contribution in [0.3, 0.4) is 0 Å². The topological polar surface area (TPSA) is 96.3 Å². The summed E-state index contributed by atoms with van der Waals surface area (Å²) in [6, 6.07) is 14.7. The van der Waals surface area contributed by atoms with Crippen LogP contribution in [0.1, 0.15) is 26.5 Å². The van der Waals surface area contributed by atoms with Gasteiger partial charge in [0.25, 0.3) is 5.91 Å². The summed E-state index contributed by atoms with van der Waals surface area (Å²) in [6.45, 7) is 1.91. The van der Waals surface area contributed by atoms with Gasteiger partial charge in [-0.2, -0.15) is 5.10 Å². The Morgan fingerprint density at radius 2 is 1.96 bits per heavy atom. The summed E-state index contributed by atoms with van der Waals surface area (Å²) < 4.78 is 0.968. The number of nitrogens with one attached hydrogen (secondary N) is 2. The molecule has 1 heterocycles. The predicted octanol–water partition coefficient (Wildman–Crippen LogP) is 3.55. The van der Waals surface area contributed by atoms with Crippen molar-refractivity contribution in [2.45, 2.75) is 13.3 Å². The summed E-state index contributed by atoms with van der Waals surface area (Å²) in [7, 11) is 0. The Labute approximate surface area is 174 Å². The van der Waals surface area contributed by atoms with Crippen LogP contribution < -0.4 is 10.7 Å². The van der Waals surface area contributed by atoms with E-state index in [1.54, 1.807) is 18.3 Å². The number of nitrogens with zero attached hydrogens (tertiary/aromatic N) is 3. The van der Waals surface area contributed by atoms with Gasteiger partial charge in [0, 0.05) is 10.0 Å². The molecule has 142 valence electrons. The monoisotopic (exact) mass is 457 g/mol. The first-order valence-corrected chi connectivity index (χ1v) is 9.88. The van der Waals surface area contributed by atoms with Crippen molar-refractivity contribution in [1.82, 2.24) is 15.6 Å². The maximum absolute atomic E-state index is 12.2. The van der Waals surface area contributed by atoms with E-state index in [-0.39, 0.29) is 18.2 Å². The quantitative estimate of drug-likeness (QED) is 0.436. The molecule has 2 N–H and O–H groups in total. The molecule has 0 aliphatic carbocycles. The summed E-state index contributed by atoms with van der Waals surface area (Å²) in [6.07, 6.45) is 1.58. The Morgan fingerprint density at radius 3 is 2.71 bits per heavy atom. The highest BCUT2D eigenvalue weighted by Crippen LogP contribution is 2.17. The molecule has 0 saturated heterocycles. The summed E-state index contributed by atoms with van der Waals surface area (Å²) >= 11 is 4.50. The lowest BCUT2D eigenvalue weighted by Gasteiger charge is -2.01. The first-order chi connectivity index (χ1) is 13.5. The lowest BCUT2D eigenvalue weighted by atomic mass is 10.1. The second-order valence-electron chi connectivity index (χ2n) is 5.85. The number of amides is 2. The molecule has 0 atom stereocenters. The number of hydrogen-bond acceptors (Lipinski definition) is 6. The number of benzene rings is 2. The van der Waals surface area contributed by atoms with Crippen LogP contribution in [0.4, 0.5) is 5.13 Å². The zero-order valence-electron chi connectivity index (χ0n) is 14.8. The van der Waals surface area contributed by atoms with Crippen LogP contribution in [0.2, 0.25) is 0 Å². The van der Waals surface area contributed by atoms with Crippen molar-refractivity contribution in [3.05, 3.63) is 74.7 Å². The van der Waals surface area contributed by atoms with Crippen LogP contribution in [-0.2, 0) is 11.2 Å². The fourth-order valence-corrected chi connectivity index (χ4v) is 3.23. The van der Waals surface area contributed by atoms with E-state index in [4.69, 9.17) is 0 Å². The number of carbonyl (C=O) groups excluding carboxylic acids is 2. The normalized spacial score (nSPS) is 10.8. The van der Waals surface area contributed by atoms with E-state index in [9.17, 15) is 9.59 Å². The highest BCUT2D eigenvalue weighted by atomic mass is 79.9. The van der Waals surface area contributed by atoms with Gasteiger partial charge in [0.05, 0.1) is 12.6 Å². The first-order valence-electron chi connectivity index (χ1n) is 8.27. The number of anilines is 1. The fraction of sp³-hybridized carbons (Fsp3) is 0.105. The van der Waals surface area contributed by atoms with Gasteiger partial charge in [-0.15, -0.1) is 10.2 Å². The molecule has 0 unspecified atom stereocenters. The standard InChI is InChI=1S/C19H16BrN5O2S/c1-12-3-2-4-14(9-12)18(27)22-19-25-24-17(28-19)10-16(26)23-21-11-13-5-7-15(20)8-6-13/h2-9,11H,10H2,1H3,(H,23,26)(H,22,25,27)/b21-11+. The molecule has 2 aromatic carbocycles. The van der Waals surface area contributed by atoms with Crippen LogP contribution in [0.25, 0.3) is 0 Å². The van der Waals surface area contributed by atoms with Gasteiger partial charge in [0.2, 0.25) is 11.0 Å². The van der Waals surface area contributed by atoms with Crippen LogP contribution in [0, 0.1) is 6.92 Å². The van der Waals surface area contributed by atoms with Gasteiger partial charge < -0.3 is 0 Å². The molecule has 9 heteroatoms. The highest BCUT2D eigenvalue weighted by Gasteiger charge is 2.12. The minimum atomic E-state index is -0.318. The van der Waals surface area contributed by atoms with Crippen molar-refractivity contribution >= 4 is 50.4 Å². The van der Waals surface area contributed by atoms with Crippen LogP contribution in [0.5, 0.6) is 0 Å². The van der Waals surface area contributed by atoms with Crippen molar-refractivity contribution < 1.29 is 9.59 Å². The van der Waals surface area contributed by atoms with Gasteiger partial charge in [-0.3, -0.25) is 14.9 Å². The van der Waals surface area contributed by atoms with Crippen molar-refractivity contribution in [2.24, 2.45) is 5.10 Å². The Hall–Kier alpha value is -2.91. The molecule has 2 amide bonds. The fourth-order valence-electron chi connectivity index (χ4n) is 2.24. The average Bonchev–Trinajstić information content (AvgIpc) is 3.10. The van der Waals surface area contributed by atoms with Gasteiger partial charge >= 0.3 is 0 Å². The molecule has 3 aromatic rings. The Bertz CT molecular complexity index is 1020. The summed E-state index contributed by atoms with van der Waals surface area (Å²) in [5.41, 5.74) is 4.84. The molecule has 0 aliphatic rings. The summed E-state index contributed by atoms with van der Waals surface area (Å²) in [5.74, 6) is -0.587. The summed E-state index contributed by atoms with van der Waals surface area (Å²) in [4.78, 5) is 24.2. The van der Waals surface area contributed by atoms with E-state index in [0.717, 1.165) is 26.9 Å². The van der Waals surface area contributed by atoms with E-state index < -0.39 is 0 Å². The maximum atomic E-state index is 12.2. The third kappa shape index (κ3) is 5.80. The van der Waals surface area contributed by atoms with E-state index in [0.29, 0.717) is 15.7 Å². The van der Waals surface area contributed by atoms with Crippen molar-refractivity contribution in [3.8, 4) is 0 Å². The third-order valence-corrected chi connectivity index (χ3v) is 4.92. The first kappa shape index (κ1) is 19.8. The maximum Gasteiger partial charge on any atom is 0.257 e. The molecule has 28 heavy (non-hydrogen) atoms. The van der Waals surface area contributed by atoms with Crippen molar-refractivity contribution in [2.75, 3.05) is 5.32 Å². The molecule has 0 radical (unpaired) electrons. The minimum Gasteiger partial charge on any atom is -0.296 e. The predicted molar refractivity (Wildman–Crippen MR) is 113 cm³/mol. The molecule has 0 saturated carbocycles. The number of halogens is 1. The molecule has 1 aromatic heterocycles. The van der Waals surface area contributed by atoms with Gasteiger partial charge in [-0.1, -0.05) is 57.1 Å². The molecule has 0 bridgehead atoms. The molecular formula is C19H16BrN5O2S. The van der Waals surface area contributed by atoms with E-state index in [2.05, 4.69) is 42.0 Å². The van der Waals surface area contributed by atoms with Crippen molar-refractivity contribution in [3.63, 3.8) is 0 Å². The third-order valence-electron chi connectivity index (χ3n) is 3.55. The van der Waals surface area contributed by atoms with Gasteiger partial charge in [0.1, 0.15) is 5.01 Å². The largest absolute Gasteiger partial charge is 0.296 e. The lowest BCUT2D eigenvalue weighted by Crippen LogP contribution is -2.19. The number of aryl methyl sites for hydroxylation is 1. The SMILES string of the molecule is Cc1cccc(C(=O)Nc2nnc(CC(=O)N/N=C/c3ccc(Br)cc3)s2)c1. The Kier molecular flexibility index (Phi) is 6.62. The Morgan fingerprint density at radius 1 is 1.18 bits per heavy atom. The summed E-state index contributed by atoms with van der Waals surface area (Å²) in [5, 5.41) is 15.3. The van der Waals surface area contributed by atoms with Crippen molar-refractivity contribution in [1.29, 1.82) is 0 Å². The van der Waals surface area contributed by atoms with Gasteiger partial charge in [-0.05, 0) is 36.8 Å². The molecule has 0 spiro atoms. The zero-order valence-corrected chi connectivity index (χ0v) is 17.3. The number of hydrogen-bond donors (Lipinski definition) is 2. The van der Waals surface area contributed by atoms with Crippen LogP contribution >= 0.6 is 27.3 Å². The van der Waals surface area contributed by atoms with Crippen LogP contribution in [0.15, 0.2) is 58.1 Å². The molecule has 0 fully saturated rings. The number of hydrazone groups is 1. The smallest absolute Gasteiger partial charge is 0.257 e. The van der Waals surface area contributed by atoms with E-state index in [1.165, 1.54) is 0 Å². The molecule has 7 nitrogen and oxygen atoms in total. The minimum absolute atomic E-state index is 0.0235. The highest BCUT2D eigenvalue weighted by molar-refractivity contribution is 9.10. The van der Waals surface area contributed by atoms with E-state index >= 15 is 0 Å². The average molecular weight is 458 g/mol. The van der Waals surface area contributed by atoms with Gasteiger partial charge in [0.15, 0.2) is 0 Å². The molecular weight excluding hydrogens is 442 g/mol. The number of rotatable bonds is 6. The molecule has 0 aliphatic heterocycles. The number of carbonyl (C=O) groups is 2. The molecule has 3 rings (SSSR count). The number of aromatic nitrogens is 2. The van der Waals surface area contributed by atoms with Crippen LogP contribution in [-0.4, -0.2) is 28.2 Å². The zero-order chi connectivity index (χ0) is 19.9. The second kappa shape index (κ2) is 9.34. The lowest BCUT2D eigenvalue weighted by molar-refractivity contribution is -0.120.